The molecule has 0 saturated heterocycles. The number of ketones is 1. The summed E-state index contributed by atoms with van der Waals surface area (Å²) < 4.78 is 5.31. The monoisotopic (exact) mass is 192 g/mol. The fourth-order valence-corrected chi connectivity index (χ4v) is 1.53. The molecule has 0 aromatic heterocycles. The maximum atomic E-state index is 11.0. The number of carbonyl (C=O) groups is 1. The summed E-state index contributed by atoms with van der Waals surface area (Å²) in [5.41, 5.74) is 2.27. The van der Waals surface area contributed by atoms with Crippen molar-refractivity contribution >= 4 is 5.78 Å². The average Bonchev–Trinajstić information content (AvgIpc) is 2.15. The smallest absolute Gasteiger partial charge is 0.132 e. The van der Waals surface area contributed by atoms with E-state index in [0.29, 0.717) is 6.42 Å². The van der Waals surface area contributed by atoms with Gasteiger partial charge >= 0.3 is 0 Å². The number of carbonyl (C=O) groups excluding carboxylic acids is 1. The van der Waals surface area contributed by atoms with Gasteiger partial charge in [-0.25, -0.2) is 0 Å². The van der Waals surface area contributed by atoms with E-state index in [1.54, 1.807) is 14.0 Å². The van der Waals surface area contributed by atoms with Gasteiger partial charge in [0.25, 0.3) is 0 Å². The van der Waals surface area contributed by atoms with Crippen LogP contribution in [-0.4, -0.2) is 12.9 Å². The van der Waals surface area contributed by atoms with Crippen molar-refractivity contribution in [1.29, 1.82) is 0 Å². The van der Waals surface area contributed by atoms with Crippen molar-refractivity contribution in [1.82, 2.24) is 0 Å². The third-order valence-corrected chi connectivity index (χ3v) is 2.29. The molecular formula is C12H16O2. The van der Waals surface area contributed by atoms with Crippen molar-refractivity contribution < 1.29 is 9.53 Å². The quantitative estimate of drug-likeness (QED) is 0.733. The largest absolute Gasteiger partial charge is 0.376 e. The molecule has 0 aliphatic carbocycles. The van der Waals surface area contributed by atoms with E-state index < -0.39 is 0 Å². The zero-order valence-electron chi connectivity index (χ0n) is 8.91. The summed E-state index contributed by atoms with van der Waals surface area (Å²) in [5.74, 6) is 0.153. The third kappa shape index (κ3) is 2.67. The summed E-state index contributed by atoms with van der Waals surface area (Å²) in [6, 6.07) is 7.99. The predicted octanol–water partition coefficient (Wildman–Crippen LogP) is 2.66. The van der Waals surface area contributed by atoms with E-state index in [-0.39, 0.29) is 11.9 Å². The second kappa shape index (κ2) is 4.91. The Hall–Kier alpha value is -1.15. The van der Waals surface area contributed by atoms with Crippen LogP contribution in [0.4, 0.5) is 0 Å². The Labute approximate surface area is 84.9 Å². The highest BCUT2D eigenvalue weighted by molar-refractivity contribution is 5.76. The Balaban J connectivity index is 2.89. The van der Waals surface area contributed by atoms with E-state index in [9.17, 15) is 4.79 Å². The van der Waals surface area contributed by atoms with Gasteiger partial charge in [-0.15, -0.1) is 0 Å². The summed E-state index contributed by atoms with van der Waals surface area (Å²) in [6.07, 6.45) is 0.343. The molecule has 1 aromatic carbocycles. The minimum Gasteiger partial charge on any atom is -0.376 e. The van der Waals surface area contributed by atoms with Gasteiger partial charge < -0.3 is 4.74 Å². The number of hydrogen-bond acceptors (Lipinski definition) is 2. The SMILES string of the molecule is CO[C@@H](CC(C)=O)c1ccccc1C. The highest BCUT2D eigenvalue weighted by Crippen LogP contribution is 2.23. The van der Waals surface area contributed by atoms with Gasteiger partial charge in [-0.2, -0.15) is 0 Å². The Morgan fingerprint density at radius 3 is 2.57 bits per heavy atom. The van der Waals surface area contributed by atoms with Gasteiger partial charge in [-0.05, 0) is 25.0 Å². The molecule has 1 atom stereocenters. The molecule has 0 fully saturated rings. The topological polar surface area (TPSA) is 26.3 Å². The fourth-order valence-electron chi connectivity index (χ4n) is 1.53. The summed E-state index contributed by atoms with van der Waals surface area (Å²) in [5, 5.41) is 0. The minimum absolute atomic E-state index is 0.103. The molecule has 2 nitrogen and oxygen atoms in total. The molecule has 76 valence electrons. The molecule has 0 amide bonds. The lowest BCUT2D eigenvalue weighted by molar-refractivity contribution is -0.119. The lowest BCUT2D eigenvalue weighted by Crippen LogP contribution is -2.07. The van der Waals surface area contributed by atoms with Crippen LogP contribution in [0.15, 0.2) is 24.3 Å². The predicted molar refractivity (Wildman–Crippen MR) is 56.2 cm³/mol. The van der Waals surface area contributed by atoms with Crippen LogP contribution in [0, 0.1) is 6.92 Å². The van der Waals surface area contributed by atoms with Gasteiger partial charge in [0, 0.05) is 13.5 Å². The maximum Gasteiger partial charge on any atom is 0.132 e. The van der Waals surface area contributed by atoms with Crippen molar-refractivity contribution in [3.05, 3.63) is 35.4 Å². The van der Waals surface area contributed by atoms with Crippen LogP contribution in [-0.2, 0) is 9.53 Å². The minimum atomic E-state index is -0.103. The molecule has 0 bridgehead atoms. The molecule has 0 unspecified atom stereocenters. The molecule has 0 aliphatic rings. The Morgan fingerprint density at radius 1 is 1.43 bits per heavy atom. The number of methoxy groups -OCH3 is 1. The van der Waals surface area contributed by atoms with E-state index in [1.165, 1.54) is 5.56 Å². The van der Waals surface area contributed by atoms with Crippen LogP contribution in [0.1, 0.15) is 30.6 Å². The van der Waals surface area contributed by atoms with Gasteiger partial charge in [0.05, 0.1) is 6.10 Å². The molecule has 1 aromatic rings. The van der Waals surface area contributed by atoms with E-state index >= 15 is 0 Å². The highest BCUT2D eigenvalue weighted by Gasteiger charge is 2.14. The molecule has 0 spiro atoms. The van der Waals surface area contributed by atoms with Crippen molar-refractivity contribution in [2.75, 3.05) is 7.11 Å². The maximum absolute atomic E-state index is 11.0. The third-order valence-electron chi connectivity index (χ3n) is 2.29. The Morgan fingerprint density at radius 2 is 2.07 bits per heavy atom. The molecule has 14 heavy (non-hydrogen) atoms. The average molecular weight is 192 g/mol. The van der Waals surface area contributed by atoms with Gasteiger partial charge in [0.2, 0.25) is 0 Å². The number of benzene rings is 1. The molecule has 1 rings (SSSR count). The van der Waals surface area contributed by atoms with Gasteiger partial charge in [0.15, 0.2) is 0 Å². The van der Waals surface area contributed by atoms with Gasteiger partial charge in [-0.3, -0.25) is 4.79 Å². The number of aryl methyl sites for hydroxylation is 1. The van der Waals surface area contributed by atoms with Crippen molar-refractivity contribution in [3.63, 3.8) is 0 Å². The zero-order chi connectivity index (χ0) is 10.6. The summed E-state index contributed by atoms with van der Waals surface area (Å²) in [4.78, 5) is 11.0. The van der Waals surface area contributed by atoms with E-state index in [2.05, 4.69) is 0 Å². The van der Waals surface area contributed by atoms with Crippen LogP contribution < -0.4 is 0 Å². The number of rotatable bonds is 4. The standard InChI is InChI=1S/C12H16O2/c1-9-6-4-5-7-11(9)12(14-3)8-10(2)13/h4-7,12H,8H2,1-3H3/t12-/m0/s1. The molecule has 0 heterocycles. The molecular weight excluding hydrogens is 176 g/mol. The molecule has 0 saturated carbocycles. The van der Waals surface area contributed by atoms with Crippen LogP contribution >= 0.6 is 0 Å². The van der Waals surface area contributed by atoms with Gasteiger partial charge in [0.1, 0.15) is 5.78 Å². The summed E-state index contributed by atoms with van der Waals surface area (Å²) >= 11 is 0. The lowest BCUT2D eigenvalue weighted by atomic mass is 10.00. The van der Waals surface area contributed by atoms with E-state index in [0.717, 1.165) is 5.56 Å². The second-order valence-electron chi connectivity index (χ2n) is 3.49. The van der Waals surface area contributed by atoms with E-state index in [1.807, 2.05) is 31.2 Å². The fraction of sp³-hybridized carbons (Fsp3) is 0.417. The first kappa shape index (κ1) is 10.9. The molecule has 0 radical (unpaired) electrons. The van der Waals surface area contributed by atoms with Crippen LogP contribution in [0.5, 0.6) is 0 Å². The van der Waals surface area contributed by atoms with E-state index in [4.69, 9.17) is 4.74 Å². The zero-order valence-corrected chi connectivity index (χ0v) is 8.91. The highest BCUT2D eigenvalue weighted by atomic mass is 16.5. The summed E-state index contributed by atoms with van der Waals surface area (Å²) in [7, 11) is 1.64. The number of hydrogen-bond donors (Lipinski definition) is 0. The van der Waals surface area contributed by atoms with Crippen LogP contribution in [0.25, 0.3) is 0 Å². The normalized spacial score (nSPS) is 12.5. The van der Waals surface area contributed by atoms with Gasteiger partial charge in [-0.1, -0.05) is 24.3 Å². The molecule has 0 aliphatic heterocycles. The molecule has 2 heteroatoms. The first-order chi connectivity index (χ1) is 6.65. The second-order valence-corrected chi connectivity index (χ2v) is 3.49. The van der Waals surface area contributed by atoms with Crippen LogP contribution in [0.2, 0.25) is 0 Å². The Bertz CT molecular complexity index is 318. The van der Waals surface area contributed by atoms with Crippen LogP contribution in [0.3, 0.4) is 0 Å². The Kier molecular flexibility index (Phi) is 3.84. The number of Topliss-reactive ketones (excluding diaryl/α,β-unsaturated/α-hetero) is 1. The lowest BCUT2D eigenvalue weighted by Gasteiger charge is -2.16. The first-order valence-corrected chi connectivity index (χ1v) is 4.73. The summed E-state index contributed by atoms with van der Waals surface area (Å²) in [6.45, 7) is 3.62. The number of ether oxygens (including phenoxy) is 1. The molecule has 0 N–H and O–H groups in total. The van der Waals surface area contributed by atoms with Crippen molar-refractivity contribution in [3.8, 4) is 0 Å². The van der Waals surface area contributed by atoms with Crippen molar-refractivity contribution in [2.45, 2.75) is 26.4 Å². The first-order valence-electron chi connectivity index (χ1n) is 4.73. The van der Waals surface area contributed by atoms with Crippen molar-refractivity contribution in [2.24, 2.45) is 0 Å².